The van der Waals surface area contributed by atoms with Crippen LogP contribution in [0.15, 0.2) is 40.2 Å². The molecule has 4 aromatic rings. The van der Waals surface area contributed by atoms with Gasteiger partial charge in [-0.1, -0.05) is 17.4 Å². The molecule has 0 aliphatic carbocycles. The molecule has 0 N–H and O–H groups in total. The molecule has 0 unspecified atom stereocenters. The van der Waals surface area contributed by atoms with E-state index in [0.717, 1.165) is 10.1 Å². The van der Waals surface area contributed by atoms with E-state index in [4.69, 9.17) is 9.47 Å². The summed E-state index contributed by atoms with van der Waals surface area (Å²) < 4.78 is 28.1. The number of hydrogen-bond acceptors (Lipinski definition) is 8. The third kappa shape index (κ3) is 4.81. The molecule has 2 atom stereocenters. The predicted molar refractivity (Wildman–Crippen MR) is 143 cm³/mol. The van der Waals surface area contributed by atoms with Crippen molar-refractivity contribution >= 4 is 27.5 Å². The number of nitrogens with zero attached hydrogens (tertiary/aromatic N) is 6. The number of amides is 1. The van der Waals surface area contributed by atoms with Gasteiger partial charge in [0.2, 0.25) is 5.91 Å². The van der Waals surface area contributed by atoms with E-state index < -0.39 is 29.2 Å². The number of carbonyl (C=O) groups excluding carboxylic acids is 1. The zero-order valence-electron chi connectivity index (χ0n) is 22.1. The van der Waals surface area contributed by atoms with Crippen molar-refractivity contribution < 1.29 is 18.7 Å². The smallest absolute Gasteiger partial charge is 0.332 e. The van der Waals surface area contributed by atoms with Gasteiger partial charge in [-0.2, -0.15) is 10.2 Å². The monoisotopic (exact) mass is 556 g/mol. The third-order valence-electron chi connectivity index (χ3n) is 7.07. The normalized spacial score (nSPS) is 16.5. The highest BCUT2D eigenvalue weighted by molar-refractivity contribution is 7.21. The Bertz CT molecular complexity index is 1640. The van der Waals surface area contributed by atoms with Gasteiger partial charge in [0.25, 0.3) is 5.56 Å². The first-order chi connectivity index (χ1) is 18.7. The molecule has 11 nitrogen and oxygen atoms in total. The summed E-state index contributed by atoms with van der Waals surface area (Å²) in [6.45, 7) is 4.52. The molecule has 0 spiro atoms. The number of aryl methyl sites for hydroxylation is 2. The first-order valence-electron chi connectivity index (χ1n) is 12.5. The lowest BCUT2D eigenvalue weighted by atomic mass is 10.0. The first kappa shape index (κ1) is 26.9. The Morgan fingerprint density at radius 2 is 1.90 bits per heavy atom. The van der Waals surface area contributed by atoms with Crippen LogP contribution in [0.5, 0.6) is 0 Å². The van der Waals surface area contributed by atoms with Crippen LogP contribution in [0.2, 0.25) is 0 Å². The van der Waals surface area contributed by atoms with Crippen LogP contribution in [0.1, 0.15) is 35.3 Å². The van der Waals surface area contributed by atoms with Gasteiger partial charge in [0.15, 0.2) is 0 Å². The van der Waals surface area contributed by atoms with Crippen LogP contribution in [-0.4, -0.2) is 68.9 Å². The first-order valence-corrected chi connectivity index (χ1v) is 13.3. The van der Waals surface area contributed by atoms with Crippen LogP contribution in [0.4, 0.5) is 4.39 Å². The van der Waals surface area contributed by atoms with Crippen molar-refractivity contribution in [3.63, 3.8) is 0 Å². The number of ether oxygens (including phenoxy) is 2. The number of aromatic nitrogens is 5. The van der Waals surface area contributed by atoms with Gasteiger partial charge in [-0.05, 0) is 43.5 Å². The molecular weight excluding hydrogens is 527 g/mol. The fourth-order valence-electron chi connectivity index (χ4n) is 4.98. The van der Waals surface area contributed by atoms with Gasteiger partial charge in [0.1, 0.15) is 27.8 Å². The second kappa shape index (κ2) is 10.8. The van der Waals surface area contributed by atoms with Crippen molar-refractivity contribution in [2.24, 2.45) is 0 Å². The molecule has 206 valence electrons. The Morgan fingerprint density at radius 3 is 2.56 bits per heavy atom. The number of likely N-dealkylation sites (N-methyl/N-ethyl adjacent to an activating group) is 1. The number of carbonyl (C=O) groups is 1. The Hall–Kier alpha value is -3.68. The lowest BCUT2D eigenvalue weighted by molar-refractivity contribution is -0.129. The number of thiophene rings is 1. The average Bonchev–Trinajstić information content (AvgIpc) is 3.63. The zero-order valence-corrected chi connectivity index (χ0v) is 22.9. The van der Waals surface area contributed by atoms with E-state index in [0.29, 0.717) is 45.9 Å². The van der Waals surface area contributed by atoms with Gasteiger partial charge in [-0.15, -0.1) is 4.80 Å². The minimum absolute atomic E-state index is 0.0215. The summed E-state index contributed by atoms with van der Waals surface area (Å²) in [7, 11) is 3.19. The van der Waals surface area contributed by atoms with E-state index in [1.807, 2.05) is 6.92 Å². The van der Waals surface area contributed by atoms with E-state index in [9.17, 15) is 18.8 Å². The SMILES string of the molecule is COCCO[C@@H](Cn1c(=O)n([C@H]2CCN(C)C2=O)c(=O)c2c(C)c(-n3nccn3)sc21)c1cc(F)ccc1C. The zero-order chi connectivity index (χ0) is 27.8. The molecule has 39 heavy (non-hydrogen) atoms. The van der Waals surface area contributed by atoms with Crippen LogP contribution in [0.25, 0.3) is 15.2 Å². The highest BCUT2D eigenvalue weighted by Crippen LogP contribution is 2.33. The van der Waals surface area contributed by atoms with Crippen LogP contribution >= 0.6 is 11.3 Å². The summed E-state index contributed by atoms with van der Waals surface area (Å²) in [5.74, 6) is -0.729. The molecule has 1 fully saturated rings. The molecule has 1 aliphatic heterocycles. The Morgan fingerprint density at radius 1 is 1.15 bits per heavy atom. The van der Waals surface area contributed by atoms with Crippen molar-refractivity contribution in [3.05, 3.63) is 73.9 Å². The molecule has 0 saturated carbocycles. The standard InChI is InChI=1S/C26H29FN6O5S/c1-15-5-6-17(27)13-18(15)20(38-12-11-37-4)14-31-25-21(16(2)24(39-25)33-28-8-9-29-33)23(35)32(26(31)36)19-7-10-30(3)22(19)34/h5-6,8-9,13,19-20H,7,10-12,14H2,1-4H3/t19-,20-/m0/s1. The van der Waals surface area contributed by atoms with E-state index in [2.05, 4.69) is 10.2 Å². The summed E-state index contributed by atoms with van der Waals surface area (Å²) in [4.78, 5) is 44.2. The second-order valence-corrected chi connectivity index (χ2v) is 10.5. The number of likely N-dealkylation sites (tertiary alicyclic amines) is 1. The van der Waals surface area contributed by atoms with Gasteiger partial charge in [-0.25, -0.2) is 13.8 Å². The van der Waals surface area contributed by atoms with Gasteiger partial charge in [0, 0.05) is 26.3 Å². The summed E-state index contributed by atoms with van der Waals surface area (Å²) in [6.07, 6.45) is 2.64. The van der Waals surface area contributed by atoms with E-state index >= 15 is 0 Å². The second-order valence-electron chi connectivity index (χ2n) is 9.52. The molecule has 1 aliphatic rings. The highest BCUT2D eigenvalue weighted by atomic mass is 32.1. The topological polar surface area (TPSA) is 113 Å². The largest absolute Gasteiger partial charge is 0.382 e. The maximum atomic E-state index is 14.3. The van der Waals surface area contributed by atoms with Crippen molar-refractivity contribution in [3.8, 4) is 5.00 Å². The lowest BCUT2D eigenvalue weighted by Crippen LogP contribution is -2.44. The molecule has 5 rings (SSSR count). The Labute approximate surface area is 227 Å². The summed E-state index contributed by atoms with van der Waals surface area (Å²) in [5.41, 5.74) is 0.787. The summed E-state index contributed by atoms with van der Waals surface area (Å²) >= 11 is 1.20. The van der Waals surface area contributed by atoms with Crippen molar-refractivity contribution in [2.45, 2.75) is 39.0 Å². The number of rotatable bonds is 9. The van der Waals surface area contributed by atoms with Crippen molar-refractivity contribution in [2.75, 3.05) is 33.9 Å². The van der Waals surface area contributed by atoms with Gasteiger partial charge in [0.05, 0.1) is 37.5 Å². The maximum Gasteiger partial charge on any atom is 0.332 e. The third-order valence-corrected chi connectivity index (χ3v) is 8.35. The van der Waals surface area contributed by atoms with Crippen molar-refractivity contribution in [1.29, 1.82) is 0 Å². The maximum absolute atomic E-state index is 14.3. The minimum Gasteiger partial charge on any atom is -0.382 e. The van der Waals surface area contributed by atoms with Crippen LogP contribution in [0, 0.1) is 19.7 Å². The Kier molecular flexibility index (Phi) is 7.47. The van der Waals surface area contributed by atoms with Crippen LogP contribution in [0.3, 0.4) is 0 Å². The molecule has 13 heteroatoms. The van der Waals surface area contributed by atoms with Gasteiger partial charge in [-0.3, -0.25) is 14.2 Å². The number of benzene rings is 1. The fraction of sp³-hybridized carbons (Fsp3) is 0.423. The molecule has 3 aromatic heterocycles. The van der Waals surface area contributed by atoms with E-state index in [1.54, 1.807) is 27.1 Å². The number of fused-ring (bicyclic) bond motifs is 1. The molecule has 4 heterocycles. The van der Waals surface area contributed by atoms with Gasteiger partial charge < -0.3 is 14.4 Å². The summed E-state index contributed by atoms with van der Waals surface area (Å²) in [6, 6.07) is 3.49. The van der Waals surface area contributed by atoms with Crippen LogP contribution < -0.4 is 11.2 Å². The molecule has 1 aromatic carbocycles. The molecule has 1 saturated heterocycles. The average molecular weight is 557 g/mol. The van der Waals surface area contributed by atoms with E-state index in [-0.39, 0.29) is 19.1 Å². The number of halogens is 1. The lowest BCUT2D eigenvalue weighted by Gasteiger charge is -2.23. The molecule has 0 bridgehead atoms. The number of methoxy groups -OCH3 is 1. The Balaban J connectivity index is 1.74. The quantitative estimate of drug-likeness (QED) is 0.291. The highest BCUT2D eigenvalue weighted by Gasteiger charge is 2.35. The molecular formula is C26H29FN6O5S. The van der Waals surface area contributed by atoms with Gasteiger partial charge >= 0.3 is 5.69 Å². The fourth-order valence-corrected chi connectivity index (χ4v) is 6.20. The number of hydrogen-bond donors (Lipinski definition) is 0. The molecule has 0 radical (unpaired) electrons. The molecule has 1 amide bonds. The predicted octanol–water partition coefficient (Wildman–Crippen LogP) is 2.37. The van der Waals surface area contributed by atoms with Crippen molar-refractivity contribution in [1.82, 2.24) is 29.0 Å². The summed E-state index contributed by atoms with van der Waals surface area (Å²) in [5, 5.41) is 9.29. The minimum atomic E-state index is -0.917. The van der Waals surface area contributed by atoms with E-state index in [1.165, 1.54) is 50.1 Å². The van der Waals surface area contributed by atoms with Crippen LogP contribution in [-0.2, 0) is 20.8 Å².